The SMILES string of the molecule is CC(C)CCNC(=O)C(C)Nc1ccc(Cl)c(Br)c1. The van der Waals surface area contributed by atoms with Crippen LogP contribution in [0.1, 0.15) is 27.2 Å². The number of amides is 1. The van der Waals surface area contributed by atoms with E-state index in [1.165, 1.54) is 0 Å². The number of nitrogens with one attached hydrogen (secondary N) is 2. The molecule has 1 aromatic carbocycles. The van der Waals surface area contributed by atoms with E-state index >= 15 is 0 Å². The van der Waals surface area contributed by atoms with E-state index in [9.17, 15) is 4.79 Å². The molecule has 0 spiro atoms. The molecule has 3 nitrogen and oxygen atoms in total. The van der Waals surface area contributed by atoms with Crippen molar-refractivity contribution >= 4 is 39.1 Å². The first kappa shape index (κ1) is 16.3. The number of anilines is 1. The summed E-state index contributed by atoms with van der Waals surface area (Å²) < 4.78 is 0.812. The van der Waals surface area contributed by atoms with Crippen LogP contribution in [0.4, 0.5) is 5.69 Å². The second-order valence-corrected chi connectivity index (χ2v) is 6.23. The van der Waals surface area contributed by atoms with E-state index in [1.54, 1.807) is 6.07 Å². The molecule has 0 aliphatic carbocycles. The second-order valence-electron chi connectivity index (χ2n) is 4.97. The number of hydrogen-bond acceptors (Lipinski definition) is 2. The third-order valence-corrected chi connectivity index (χ3v) is 3.93. The van der Waals surface area contributed by atoms with Crippen molar-refractivity contribution in [2.45, 2.75) is 33.2 Å². The first-order valence-corrected chi connectivity index (χ1v) is 7.56. The van der Waals surface area contributed by atoms with Crippen molar-refractivity contribution < 1.29 is 4.79 Å². The van der Waals surface area contributed by atoms with E-state index in [0.717, 1.165) is 16.6 Å². The predicted molar refractivity (Wildman–Crippen MR) is 84.7 cm³/mol. The molecule has 106 valence electrons. The van der Waals surface area contributed by atoms with Crippen LogP contribution in [0.25, 0.3) is 0 Å². The first-order chi connectivity index (χ1) is 8.90. The van der Waals surface area contributed by atoms with Crippen LogP contribution in [0.5, 0.6) is 0 Å². The van der Waals surface area contributed by atoms with Crippen LogP contribution < -0.4 is 10.6 Å². The molecule has 1 amide bonds. The van der Waals surface area contributed by atoms with E-state index in [-0.39, 0.29) is 11.9 Å². The van der Waals surface area contributed by atoms with Crippen LogP contribution in [0.2, 0.25) is 5.02 Å². The van der Waals surface area contributed by atoms with Gasteiger partial charge in [0.15, 0.2) is 0 Å². The van der Waals surface area contributed by atoms with Crippen LogP contribution in [0.3, 0.4) is 0 Å². The highest BCUT2D eigenvalue weighted by Crippen LogP contribution is 2.25. The van der Waals surface area contributed by atoms with Gasteiger partial charge in [-0.3, -0.25) is 4.79 Å². The van der Waals surface area contributed by atoms with Crippen LogP contribution >= 0.6 is 27.5 Å². The minimum Gasteiger partial charge on any atom is -0.374 e. The molecule has 0 saturated heterocycles. The summed E-state index contributed by atoms with van der Waals surface area (Å²) >= 11 is 9.28. The van der Waals surface area contributed by atoms with E-state index in [4.69, 9.17) is 11.6 Å². The lowest BCUT2D eigenvalue weighted by atomic mass is 10.1. The standard InChI is InChI=1S/C14H20BrClN2O/c1-9(2)6-7-17-14(19)10(3)18-11-4-5-13(16)12(15)8-11/h4-5,8-10,18H,6-7H2,1-3H3,(H,17,19). The third-order valence-electron chi connectivity index (χ3n) is 2.72. The average molecular weight is 348 g/mol. The van der Waals surface area contributed by atoms with Gasteiger partial charge in [-0.1, -0.05) is 25.4 Å². The van der Waals surface area contributed by atoms with E-state index in [2.05, 4.69) is 40.4 Å². The minimum absolute atomic E-state index is 0.00622. The number of hydrogen-bond donors (Lipinski definition) is 2. The average Bonchev–Trinajstić information content (AvgIpc) is 2.33. The largest absolute Gasteiger partial charge is 0.374 e. The Morgan fingerprint density at radius 3 is 2.63 bits per heavy atom. The molecule has 0 bridgehead atoms. The quantitative estimate of drug-likeness (QED) is 0.814. The Balaban J connectivity index is 2.47. The molecule has 0 saturated carbocycles. The summed E-state index contributed by atoms with van der Waals surface area (Å²) in [6, 6.07) is 5.23. The Morgan fingerprint density at radius 2 is 2.05 bits per heavy atom. The molecule has 0 aliphatic rings. The van der Waals surface area contributed by atoms with Crippen molar-refractivity contribution in [3.05, 3.63) is 27.7 Å². The lowest BCUT2D eigenvalue weighted by Gasteiger charge is -2.16. The molecular weight excluding hydrogens is 328 g/mol. The molecule has 0 aliphatic heterocycles. The van der Waals surface area contributed by atoms with Gasteiger partial charge < -0.3 is 10.6 Å². The number of halogens is 2. The van der Waals surface area contributed by atoms with Gasteiger partial charge in [-0.15, -0.1) is 0 Å². The number of rotatable bonds is 6. The smallest absolute Gasteiger partial charge is 0.242 e. The fraction of sp³-hybridized carbons (Fsp3) is 0.500. The highest BCUT2D eigenvalue weighted by Gasteiger charge is 2.12. The molecule has 1 rings (SSSR count). The van der Waals surface area contributed by atoms with Gasteiger partial charge in [0.2, 0.25) is 5.91 Å². The third kappa shape index (κ3) is 5.83. The Bertz CT molecular complexity index is 437. The Labute approximate surface area is 128 Å². The topological polar surface area (TPSA) is 41.1 Å². The molecular formula is C14H20BrClN2O. The number of benzene rings is 1. The maximum absolute atomic E-state index is 11.9. The molecule has 0 heterocycles. The zero-order chi connectivity index (χ0) is 14.4. The zero-order valence-corrected chi connectivity index (χ0v) is 13.8. The van der Waals surface area contributed by atoms with Gasteiger partial charge in [-0.2, -0.15) is 0 Å². The summed E-state index contributed by atoms with van der Waals surface area (Å²) in [5, 5.41) is 6.72. The molecule has 1 unspecified atom stereocenters. The van der Waals surface area contributed by atoms with Crippen molar-refractivity contribution in [3.63, 3.8) is 0 Å². The zero-order valence-electron chi connectivity index (χ0n) is 11.5. The second kappa shape index (κ2) is 7.75. The van der Waals surface area contributed by atoms with Crippen LogP contribution in [0.15, 0.2) is 22.7 Å². The summed E-state index contributed by atoms with van der Waals surface area (Å²) in [4.78, 5) is 11.9. The monoisotopic (exact) mass is 346 g/mol. The van der Waals surface area contributed by atoms with E-state index in [1.807, 2.05) is 19.1 Å². The summed E-state index contributed by atoms with van der Waals surface area (Å²) in [6.07, 6.45) is 0.991. The van der Waals surface area contributed by atoms with Crippen molar-refractivity contribution in [3.8, 4) is 0 Å². The van der Waals surface area contributed by atoms with E-state index < -0.39 is 0 Å². The maximum Gasteiger partial charge on any atom is 0.242 e. The minimum atomic E-state index is -0.278. The van der Waals surface area contributed by atoms with Gasteiger partial charge in [0, 0.05) is 16.7 Å². The van der Waals surface area contributed by atoms with Gasteiger partial charge in [-0.25, -0.2) is 0 Å². The van der Waals surface area contributed by atoms with Gasteiger partial charge in [0.25, 0.3) is 0 Å². The molecule has 1 aromatic rings. The number of carbonyl (C=O) groups is 1. The van der Waals surface area contributed by atoms with Crippen molar-refractivity contribution in [2.75, 3.05) is 11.9 Å². The van der Waals surface area contributed by atoms with Crippen molar-refractivity contribution in [1.29, 1.82) is 0 Å². The Kier molecular flexibility index (Phi) is 6.66. The Hall–Kier alpha value is -0.740. The lowest BCUT2D eigenvalue weighted by Crippen LogP contribution is -2.38. The maximum atomic E-state index is 11.9. The van der Waals surface area contributed by atoms with Gasteiger partial charge in [0.1, 0.15) is 6.04 Å². The first-order valence-electron chi connectivity index (χ1n) is 6.39. The molecule has 19 heavy (non-hydrogen) atoms. The van der Waals surface area contributed by atoms with Gasteiger partial charge >= 0.3 is 0 Å². The predicted octanol–water partition coefficient (Wildman–Crippen LogP) is 4.07. The van der Waals surface area contributed by atoms with Crippen molar-refractivity contribution in [2.24, 2.45) is 5.92 Å². The molecule has 5 heteroatoms. The van der Waals surface area contributed by atoms with Gasteiger partial charge in [-0.05, 0) is 53.4 Å². The fourth-order valence-corrected chi connectivity index (χ4v) is 2.03. The number of carbonyl (C=O) groups excluding carboxylic acids is 1. The van der Waals surface area contributed by atoms with Crippen LogP contribution in [-0.2, 0) is 4.79 Å². The summed E-state index contributed by atoms with van der Waals surface area (Å²) in [6.45, 7) is 6.83. The summed E-state index contributed by atoms with van der Waals surface area (Å²) in [5.41, 5.74) is 0.864. The van der Waals surface area contributed by atoms with Gasteiger partial charge in [0.05, 0.1) is 5.02 Å². The van der Waals surface area contributed by atoms with Crippen molar-refractivity contribution in [1.82, 2.24) is 5.32 Å². The van der Waals surface area contributed by atoms with Crippen LogP contribution in [0, 0.1) is 5.92 Å². The Morgan fingerprint density at radius 1 is 1.37 bits per heavy atom. The molecule has 0 fully saturated rings. The molecule has 2 N–H and O–H groups in total. The molecule has 0 aromatic heterocycles. The summed E-state index contributed by atoms with van der Waals surface area (Å²) in [7, 11) is 0. The fourth-order valence-electron chi connectivity index (χ4n) is 1.54. The molecule has 1 atom stereocenters. The summed E-state index contributed by atoms with van der Waals surface area (Å²) in [5.74, 6) is 0.600. The van der Waals surface area contributed by atoms with E-state index in [0.29, 0.717) is 17.5 Å². The normalized spacial score (nSPS) is 12.3. The van der Waals surface area contributed by atoms with Crippen LogP contribution in [-0.4, -0.2) is 18.5 Å². The highest BCUT2D eigenvalue weighted by atomic mass is 79.9. The highest BCUT2D eigenvalue weighted by molar-refractivity contribution is 9.10. The molecule has 0 radical (unpaired) electrons. The lowest BCUT2D eigenvalue weighted by molar-refractivity contribution is -0.121.